The second kappa shape index (κ2) is 3.05. The Morgan fingerprint density at radius 3 is 2.00 bits per heavy atom. The molecule has 2 unspecified atom stereocenters. The summed E-state index contributed by atoms with van der Waals surface area (Å²) in [6.45, 7) is 3.62. The molecule has 0 heterocycles. The van der Waals surface area contributed by atoms with E-state index >= 15 is 0 Å². The Bertz CT molecular complexity index is 178. The van der Waals surface area contributed by atoms with Gasteiger partial charge in [0.2, 0.25) is 0 Å². The fraction of sp³-hybridized carbons (Fsp3) is 0.889. The first kappa shape index (κ1) is 9.52. The molecule has 2 atom stereocenters. The normalized spacial score (nSPS) is 42.6. The van der Waals surface area contributed by atoms with Crippen LogP contribution in [0, 0.1) is 11.8 Å². The number of carboxylic acids is 1. The van der Waals surface area contributed by atoms with Gasteiger partial charge in [0.15, 0.2) is 5.60 Å². The molecule has 0 bridgehead atoms. The molecule has 2 N–H and O–H groups in total. The van der Waals surface area contributed by atoms with Crippen LogP contribution >= 0.6 is 0 Å². The molecule has 0 aliphatic heterocycles. The van der Waals surface area contributed by atoms with Crippen molar-refractivity contribution in [3.63, 3.8) is 0 Å². The van der Waals surface area contributed by atoms with Gasteiger partial charge in [-0.05, 0) is 24.7 Å². The third kappa shape index (κ3) is 1.22. The summed E-state index contributed by atoms with van der Waals surface area (Å²) >= 11 is 0. The molecule has 3 heteroatoms. The highest BCUT2D eigenvalue weighted by molar-refractivity contribution is 5.78. The van der Waals surface area contributed by atoms with Gasteiger partial charge in [-0.3, -0.25) is 0 Å². The SMILES string of the molecule is CC1CCCC(C)C1(O)C(=O)O. The molecular formula is C9H16O3. The molecule has 1 saturated carbocycles. The van der Waals surface area contributed by atoms with Crippen molar-refractivity contribution >= 4 is 5.97 Å². The first-order valence-corrected chi connectivity index (χ1v) is 4.45. The van der Waals surface area contributed by atoms with Gasteiger partial charge in [0.25, 0.3) is 0 Å². The zero-order chi connectivity index (χ0) is 9.35. The van der Waals surface area contributed by atoms with Crippen LogP contribution in [0.1, 0.15) is 33.1 Å². The molecule has 0 amide bonds. The molecule has 1 aliphatic carbocycles. The van der Waals surface area contributed by atoms with Crippen molar-refractivity contribution in [3.8, 4) is 0 Å². The van der Waals surface area contributed by atoms with Crippen molar-refractivity contribution in [3.05, 3.63) is 0 Å². The van der Waals surface area contributed by atoms with E-state index in [0.717, 1.165) is 19.3 Å². The minimum atomic E-state index is -1.49. The molecule has 0 saturated heterocycles. The lowest BCUT2D eigenvalue weighted by Gasteiger charge is -2.39. The van der Waals surface area contributed by atoms with Crippen LogP contribution in [0.5, 0.6) is 0 Å². The Kier molecular flexibility index (Phi) is 2.42. The quantitative estimate of drug-likeness (QED) is 0.626. The largest absolute Gasteiger partial charge is 0.479 e. The van der Waals surface area contributed by atoms with E-state index in [9.17, 15) is 9.90 Å². The molecule has 70 valence electrons. The van der Waals surface area contributed by atoms with Gasteiger partial charge in [-0.1, -0.05) is 20.3 Å². The maximum Gasteiger partial charge on any atom is 0.336 e. The van der Waals surface area contributed by atoms with E-state index in [1.165, 1.54) is 0 Å². The number of aliphatic hydroxyl groups is 1. The lowest BCUT2D eigenvalue weighted by Crippen LogP contribution is -2.52. The lowest BCUT2D eigenvalue weighted by molar-refractivity contribution is -0.176. The van der Waals surface area contributed by atoms with Gasteiger partial charge in [-0.2, -0.15) is 0 Å². The first-order valence-electron chi connectivity index (χ1n) is 4.45. The maximum absolute atomic E-state index is 10.8. The maximum atomic E-state index is 10.8. The van der Waals surface area contributed by atoms with Crippen molar-refractivity contribution in [1.82, 2.24) is 0 Å². The van der Waals surface area contributed by atoms with Crippen molar-refractivity contribution in [2.24, 2.45) is 11.8 Å². The molecule has 0 spiro atoms. The van der Waals surface area contributed by atoms with Gasteiger partial charge in [-0.15, -0.1) is 0 Å². The standard InChI is InChI=1S/C9H16O3/c1-6-4-3-5-7(2)9(6,12)8(10)11/h6-7,12H,3-5H2,1-2H3,(H,10,11). The first-order chi connectivity index (χ1) is 5.49. The predicted molar refractivity (Wildman–Crippen MR) is 44.8 cm³/mol. The topological polar surface area (TPSA) is 57.5 Å². The predicted octanol–water partition coefficient (Wildman–Crippen LogP) is 1.26. The smallest absolute Gasteiger partial charge is 0.336 e. The fourth-order valence-electron chi connectivity index (χ4n) is 2.08. The van der Waals surface area contributed by atoms with Crippen LogP contribution in [-0.2, 0) is 4.79 Å². The average Bonchev–Trinajstić information content (AvgIpc) is 1.99. The summed E-state index contributed by atoms with van der Waals surface area (Å²) in [5, 5.41) is 18.8. The number of carbonyl (C=O) groups is 1. The summed E-state index contributed by atoms with van der Waals surface area (Å²) in [6, 6.07) is 0. The molecule has 12 heavy (non-hydrogen) atoms. The summed E-state index contributed by atoms with van der Waals surface area (Å²) in [7, 11) is 0. The van der Waals surface area contributed by atoms with Crippen LogP contribution in [0.2, 0.25) is 0 Å². The average molecular weight is 172 g/mol. The van der Waals surface area contributed by atoms with E-state index < -0.39 is 11.6 Å². The Hall–Kier alpha value is -0.570. The second-order valence-electron chi connectivity index (χ2n) is 3.86. The molecule has 0 aromatic heterocycles. The third-order valence-corrected chi connectivity index (χ3v) is 3.12. The fourth-order valence-corrected chi connectivity index (χ4v) is 2.08. The molecular weight excluding hydrogens is 156 g/mol. The molecule has 0 aromatic rings. The molecule has 0 radical (unpaired) electrons. The van der Waals surface area contributed by atoms with Crippen molar-refractivity contribution in [2.45, 2.75) is 38.7 Å². The van der Waals surface area contributed by atoms with E-state index in [-0.39, 0.29) is 11.8 Å². The Balaban J connectivity index is 2.87. The monoisotopic (exact) mass is 172 g/mol. The van der Waals surface area contributed by atoms with Crippen LogP contribution in [-0.4, -0.2) is 21.8 Å². The Morgan fingerprint density at radius 1 is 1.33 bits per heavy atom. The molecule has 3 nitrogen and oxygen atoms in total. The van der Waals surface area contributed by atoms with Crippen LogP contribution in [0.25, 0.3) is 0 Å². The second-order valence-corrected chi connectivity index (χ2v) is 3.86. The highest BCUT2D eigenvalue weighted by atomic mass is 16.4. The minimum Gasteiger partial charge on any atom is -0.479 e. The molecule has 1 fully saturated rings. The number of hydrogen-bond acceptors (Lipinski definition) is 2. The number of rotatable bonds is 1. The molecule has 0 aromatic carbocycles. The van der Waals surface area contributed by atoms with Crippen LogP contribution in [0.4, 0.5) is 0 Å². The summed E-state index contributed by atoms with van der Waals surface area (Å²) in [5.74, 6) is -1.32. The molecule has 1 rings (SSSR count). The van der Waals surface area contributed by atoms with Gasteiger partial charge >= 0.3 is 5.97 Å². The van der Waals surface area contributed by atoms with Crippen LogP contribution in [0.3, 0.4) is 0 Å². The highest BCUT2D eigenvalue weighted by Gasteiger charge is 2.48. The van der Waals surface area contributed by atoms with Crippen LogP contribution in [0.15, 0.2) is 0 Å². The Labute approximate surface area is 72.4 Å². The van der Waals surface area contributed by atoms with Gasteiger partial charge in [0.1, 0.15) is 0 Å². The summed E-state index contributed by atoms with van der Waals surface area (Å²) in [5.41, 5.74) is -1.49. The van der Waals surface area contributed by atoms with Gasteiger partial charge in [0.05, 0.1) is 0 Å². The summed E-state index contributed by atoms with van der Waals surface area (Å²) in [6.07, 6.45) is 2.65. The zero-order valence-electron chi connectivity index (χ0n) is 7.58. The van der Waals surface area contributed by atoms with E-state index in [2.05, 4.69) is 0 Å². The summed E-state index contributed by atoms with van der Waals surface area (Å²) in [4.78, 5) is 10.8. The number of carboxylic acid groups (broad SMARTS) is 1. The van der Waals surface area contributed by atoms with Crippen LogP contribution < -0.4 is 0 Å². The van der Waals surface area contributed by atoms with Gasteiger partial charge in [0, 0.05) is 0 Å². The number of aliphatic carboxylic acids is 1. The third-order valence-electron chi connectivity index (χ3n) is 3.12. The minimum absolute atomic E-state index is 0.126. The summed E-state index contributed by atoms with van der Waals surface area (Å²) < 4.78 is 0. The van der Waals surface area contributed by atoms with Gasteiger partial charge in [-0.25, -0.2) is 4.79 Å². The van der Waals surface area contributed by atoms with Crippen molar-refractivity contribution in [1.29, 1.82) is 0 Å². The number of hydrogen-bond donors (Lipinski definition) is 2. The van der Waals surface area contributed by atoms with Gasteiger partial charge < -0.3 is 10.2 Å². The molecule has 1 aliphatic rings. The lowest BCUT2D eigenvalue weighted by atomic mass is 9.70. The Morgan fingerprint density at radius 2 is 1.75 bits per heavy atom. The van der Waals surface area contributed by atoms with E-state index in [0.29, 0.717) is 0 Å². The van der Waals surface area contributed by atoms with Crippen molar-refractivity contribution in [2.75, 3.05) is 0 Å². The highest BCUT2D eigenvalue weighted by Crippen LogP contribution is 2.38. The van der Waals surface area contributed by atoms with E-state index in [4.69, 9.17) is 5.11 Å². The van der Waals surface area contributed by atoms with Crippen molar-refractivity contribution < 1.29 is 15.0 Å². The zero-order valence-corrected chi connectivity index (χ0v) is 7.58. The van der Waals surface area contributed by atoms with E-state index in [1.807, 2.05) is 13.8 Å². The van der Waals surface area contributed by atoms with E-state index in [1.54, 1.807) is 0 Å².